The van der Waals surface area contributed by atoms with Crippen molar-refractivity contribution in [1.82, 2.24) is 0 Å². The fourth-order valence-electron chi connectivity index (χ4n) is 3.91. The third-order valence-corrected chi connectivity index (χ3v) is 6.17. The summed E-state index contributed by atoms with van der Waals surface area (Å²) in [7, 11) is 0. The van der Waals surface area contributed by atoms with Crippen molar-refractivity contribution in [3.05, 3.63) is 29.3 Å². The SMILES string of the molecule is CCC1(C(Cl)c2ccc3c(c2)C(C)(C)CO3)CCCC1. The molecule has 1 aromatic carbocycles. The topological polar surface area (TPSA) is 9.23 Å². The highest BCUT2D eigenvalue weighted by atomic mass is 35.5. The van der Waals surface area contributed by atoms with E-state index in [0.717, 1.165) is 12.4 Å². The number of halogens is 1. The van der Waals surface area contributed by atoms with Crippen molar-refractivity contribution in [1.29, 1.82) is 0 Å². The second-order valence-electron chi connectivity index (χ2n) is 7.21. The van der Waals surface area contributed by atoms with Gasteiger partial charge >= 0.3 is 0 Å². The third-order valence-electron chi connectivity index (χ3n) is 5.46. The molecule has 1 fully saturated rings. The first-order valence-electron chi connectivity index (χ1n) is 7.90. The Morgan fingerprint density at radius 3 is 2.60 bits per heavy atom. The zero-order valence-corrected chi connectivity index (χ0v) is 13.6. The molecule has 0 radical (unpaired) electrons. The summed E-state index contributed by atoms with van der Waals surface area (Å²) in [6.45, 7) is 7.56. The Morgan fingerprint density at radius 2 is 1.95 bits per heavy atom. The second kappa shape index (κ2) is 4.94. The summed E-state index contributed by atoms with van der Waals surface area (Å²) in [5.41, 5.74) is 3.02. The number of hydrogen-bond donors (Lipinski definition) is 0. The van der Waals surface area contributed by atoms with Crippen molar-refractivity contribution >= 4 is 11.6 Å². The van der Waals surface area contributed by atoms with Crippen molar-refractivity contribution in [2.45, 2.75) is 63.7 Å². The summed E-state index contributed by atoms with van der Waals surface area (Å²) in [5.74, 6) is 1.04. The van der Waals surface area contributed by atoms with Gasteiger partial charge in [-0.05, 0) is 42.4 Å². The Labute approximate surface area is 127 Å². The zero-order chi connectivity index (χ0) is 14.4. The monoisotopic (exact) mass is 292 g/mol. The molecule has 1 heterocycles. The van der Waals surface area contributed by atoms with Gasteiger partial charge in [-0.15, -0.1) is 11.6 Å². The first-order valence-corrected chi connectivity index (χ1v) is 8.33. The van der Waals surface area contributed by atoms with E-state index in [9.17, 15) is 0 Å². The minimum Gasteiger partial charge on any atom is -0.492 e. The Hall–Kier alpha value is -0.690. The van der Waals surface area contributed by atoms with Gasteiger partial charge in [0, 0.05) is 11.0 Å². The molecule has 0 spiro atoms. The van der Waals surface area contributed by atoms with Crippen LogP contribution in [0.2, 0.25) is 0 Å². The van der Waals surface area contributed by atoms with E-state index in [1.807, 2.05) is 0 Å². The van der Waals surface area contributed by atoms with Crippen LogP contribution in [0.3, 0.4) is 0 Å². The summed E-state index contributed by atoms with van der Waals surface area (Å²) >= 11 is 6.92. The van der Waals surface area contributed by atoms with E-state index in [1.165, 1.54) is 43.2 Å². The molecule has 1 aliphatic carbocycles. The highest BCUT2D eigenvalue weighted by molar-refractivity contribution is 6.21. The number of alkyl halides is 1. The van der Waals surface area contributed by atoms with Crippen LogP contribution in [0.15, 0.2) is 18.2 Å². The molecular formula is C18H25ClO. The van der Waals surface area contributed by atoms with Gasteiger partial charge in [0.1, 0.15) is 5.75 Å². The molecule has 2 heteroatoms. The minimum atomic E-state index is 0.108. The number of fused-ring (bicyclic) bond motifs is 1. The van der Waals surface area contributed by atoms with Gasteiger partial charge in [-0.2, -0.15) is 0 Å². The number of benzene rings is 1. The van der Waals surface area contributed by atoms with Crippen LogP contribution in [0, 0.1) is 5.41 Å². The summed E-state index contributed by atoms with van der Waals surface area (Å²) in [4.78, 5) is 0. The van der Waals surface area contributed by atoms with Gasteiger partial charge in [-0.3, -0.25) is 0 Å². The van der Waals surface area contributed by atoms with Gasteiger partial charge in [0.15, 0.2) is 0 Å². The van der Waals surface area contributed by atoms with Crippen molar-refractivity contribution in [2.75, 3.05) is 6.61 Å². The molecule has 1 nitrogen and oxygen atoms in total. The van der Waals surface area contributed by atoms with Crippen LogP contribution in [-0.4, -0.2) is 6.61 Å². The van der Waals surface area contributed by atoms with Gasteiger partial charge in [0.25, 0.3) is 0 Å². The Morgan fingerprint density at radius 1 is 1.25 bits per heavy atom. The van der Waals surface area contributed by atoms with Crippen LogP contribution < -0.4 is 4.74 Å². The summed E-state index contributed by atoms with van der Waals surface area (Å²) in [6.07, 6.45) is 6.38. The normalized spacial score (nSPS) is 24.2. The van der Waals surface area contributed by atoms with E-state index in [0.29, 0.717) is 5.41 Å². The molecule has 1 atom stereocenters. The maximum absolute atomic E-state index is 6.92. The summed E-state index contributed by atoms with van der Waals surface area (Å²) in [6, 6.07) is 6.59. The van der Waals surface area contributed by atoms with Crippen LogP contribution >= 0.6 is 11.6 Å². The fraction of sp³-hybridized carbons (Fsp3) is 0.667. The lowest BCUT2D eigenvalue weighted by Gasteiger charge is -2.33. The van der Waals surface area contributed by atoms with E-state index in [-0.39, 0.29) is 10.8 Å². The molecule has 110 valence electrons. The van der Waals surface area contributed by atoms with E-state index in [1.54, 1.807) is 0 Å². The first kappa shape index (κ1) is 14.3. The van der Waals surface area contributed by atoms with E-state index in [4.69, 9.17) is 16.3 Å². The predicted molar refractivity (Wildman–Crippen MR) is 84.7 cm³/mol. The minimum absolute atomic E-state index is 0.108. The lowest BCUT2D eigenvalue weighted by atomic mass is 9.76. The molecule has 1 saturated carbocycles. The average Bonchev–Trinajstić information content (AvgIpc) is 3.04. The van der Waals surface area contributed by atoms with Crippen LogP contribution in [-0.2, 0) is 5.41 Å². The highest BCUT2D eigenvalue weighted by Crippen LogP contribution is 2.54. The second-order valence-corrected chi connectivity index (χ2v) is 7.65. The summed E-state index contributed by atoms with van der Waals surface area (Å²) in [5, 5.41) is 0.136. The van der Waals surface area contributed by atoms with Gasteiger partial charge < -0.3 is 4.74 Å². The van der Waals surface area contributed by atoms with Crippen molar-refractivity contribution in [3.8, 4) is 5.75 Å². The fourth-order valence-corrected chi connectivity index (χ4v) is 4.42. The molecule has 20 heavy (non-hydrogen) atoms. The third kappa shape index (κ3) is 2.15. The van der Waals surface area contributed by atoms with E-state index in [2.05, 4.69) is 39.0 Å². The molecule has 0 amide bonds. The smallest absolute Gasteiger partial charge is 0.123 e. The molecule has 1 aliphatic heterocycles. The number of ether oxygens (including phenoxy) is 1. The Balaban J connectivity index is 1.95. The molecule has 0 N–H and O–H groups in total. The predicted octanol–water partition coefficient (Wildman–Crippen LogP) is 5.61. The molecule has 3 rings (SSSR count). The van der Waals surface area contributed by atoms with Crippen molar-refractivity contribution < 1.29 is 4.74 Å². The van der Waals surface area contributed by atoms with Crippen LogP contribution in [0.5, 0.6) is 5.75 Å². The van der Waals surface area contributed by atoms with Crippen LogP contribution in [0.25, 0.3) is 0 Å². The lowest BCUT2D eigenvalue weighted by Crippen LogP contribution is -2.22. The molecule has 0 bridgehead atoms. The number of rotatable bonds is 3. The van der Waals surface area contributed by atoms with Gasteiger partial charge in [-0.1, -0.05) is 39.7 Å². The Kier molecular flexibility index (Phi) is 3.52. The van der Waals surface area contributed by atoms with Gasteiger partial charge in [0.05, 0.1) is 12.0 Å². The Bertz CT molecular complexity index is 500. The maximum Gasteiger partial charge on any atom is 0.123 e. The molecule has 1 aromatic rings. The average molecular weight is 293 g/mol. The first-order chi connectivity index (χ1) is 9.48. The van der Waals surface area contributed by atoms with Crippen LogP contribution in [0.4, 0.5) is 0 Å². The van der Waals surface area contributed by atoms with Crippen molar-refractivity contribution in [2.24, 2.45) is 5.41 Å². The van der Waals surface area contributed by atoms with Crippen LogP contribution in [0.1, 0.15) is 69.4 Å². The lowest BCUT2D eigenvalue weighted by molar-refractivity contribution is 0.271. The van der Waals surface area contributed by atoms with Gasteiger partial charge in [-0.25, -0.2) is 0 Å². The largest absolute Gasteiger partial charge is 0.492 e. The summed E-state index contributed by atoms with van der Waals surface area (Å²) < 4.78 is 5.78. The highest BCUT2D eigenvalue weighted by Gasteiger charge is 2.40. The van der Waals surface area contributed by atoms with Gasteiger partial charge in [0.2, 0.25) is 0 Å². The van der Waals surface area contributed by atoms with Crippen molar-refractivity contribution in [3.63, 3.8) is 0 Å². The molecule has 2 aliphatic rings. The van der Waals surface area contributed by atoms with E-state index >= 15 is 0 Å². The molecule has 1 unspecified atom stereocenters. The maximum atomic E-state index is 6.92. The zero-order valence-electron chi connectivity index (χ0n) is 12.8. The molecule has 0 aromatic heterocycles. The standard InChI is InChI=1S/C18H25ClO/c1-4-18(9-5-6-10-18)16(19)13-7-8-15-14(11-13)17(2,3)12-20-15/h7-8,11,16H,4-6,9-10,12H2,1-3H3. The molecule has 0 saturated heterocycles. The van der Waals surface area contributed by atoms with E-state index < -0.39 is 0 Å². The quantitative estimate of drug-likeness (QED) is 0.658. The number of hydrogen-bond acceptors (Lipinski definition) is 1. The molecular weight excluding hydrogens is 268 g/mol.